The Morgan fingerprint density at radius 1 is 0.308 bits per heavy atom. The minimum atomic E-state index is -4.97. The number of hydrogen-bond donors (Lipinski definition) is 3. The molecule has 0 rings (SSSR count). The van der Waals surface area contributed by atoms with Gasteiger partial charge in [-0.05, 0) is 77.0 Å². The molecule has 0 aromatic heterocycles. The van der Waals surface area contributed by atoms with E-state index in [1.165, 1.54) is 128 Å². The monoisotopic (exact) mass is 1330 g/mol. The Balaban J connectivity index is 5.31. The Hall–Kier alpha value is -2.98. The Morgan fingerprint density at radius 3 is 0.802 bits per heavy atom. The smallest absolute Gasteiger partial charge is 0.462 e. The van der Waals surface area contributed by atoms with E-state index < -0.39 is 97.5 Å². The summed E-state index contributed by atoms with van der Waals surface area (Å²) in [6.07, 6.45) is 59.7. The van der Waals surface area contributed by atoms with E-state index in [0.29, 0.717) is 25.7 Å². The number of phosphoric ester groups is 2. The molecule has 0 heterocycles. The lowest BCUT2D eigenvalue weighted by atomic mass is 10.1. The van der Waals surface area contributed by atoms with Crippen molar-refractivity contribution in [2.75, 3.05) is 39.6 Å². The second-order valence-corrected chi connectivity index (χ2v) is 27.5. The molecule has 2 unspecified atom stereocenters. The van der Waals surface area contributed by atoms with Gasteiger partial charge in [0.15, 0.2) is 12.2 Å². The van der Waals surface area contributed by atoms with Crippen LogP contribution in [0.5, 0.6) is 0 Å². The number of rotatable bonds is 69. The number of hydrogen-bond acceptors (Lipinski definition) is 15. The topological polar surface area (TPSA) is 237 Å². The lowest BCUT2D eigenvalue weighted by Gasteiger charge is -2.21. The van der Waals surface area contributed by atoms with Gasteiger partial charge in [0.05, 0.1) is 26.4 Å². The standard InChI is InChI=1S/C72H132O17P2/c1-5-9-13-17-21-25-29-31-33-35-38-41-45-49-53-57-70(75)83-63-68(89-72(77)59-55-51-47-43-39-36-34-32-30-26-22-18-14-10-6-2)65-87-91(80,81)85-61-66(73)60-84-90(78,79)86-64-67(62-82-69(74)56-52-48-44-40-28-24-20-16-12-8-4)88-71(76)58-54-50-46-42-37-27-23-19-15-11-7-3/h25-26,29-34,66-68,73H,5-24,27-28,35-65H2,1-4H3,(H,78,79)(H,80,81)/b29-25-,30-26-,33-31-,34-32-/t66-,67+,68+/m0/s1. The first kappa shape index (κ1) is 88.0. The summed E-state index contributed by atoms with van der Waals surface area (Å²) in [5.74, 6) is -2.18. The number of ether oxygens (including phenoxy) is 4. The van der Waals surface area contributed by atoms with Crippen LogP contribution in [0.1, 0.15) is 329 Å². The van der Waals surface area contributed by atoms with E-state index in [1.807, 2.05) is 0 Å². The maximum absolute atomic E-state index is 13.0. The normalized spacial score (nSPS) is 14.3. The van der Waals surface area contributed by atoms with Gasteiger partial charge < -0.3 is 33.8 Å². The van der Waals surface area contributed by atoms with Crippen LogP contribution in [0.25, 0.3) is 0 Å². The van der Waals surface area contributed by atoms with E-state index in [2.05, 4.69) is 76.3 Å². The van der Waals surface area contributed by atoms with Crippen LogP contribution in [0.2, 0.25) is 0 Å². The average molecular weight is 1330 g/mol. The number of carbonyl (C=O) groups excluding carboxylic acids is 4. The molecule has 91 heavy (non-hydrogen) atoms. The predicted molar refractivity (Wildman–Crippen MR) is 367 cm³/mol. The SMILES string of the molecule is CCCCCC/C=C\C=C/CCCCCCCC(=O)OC[C@H](COP(=O)(O)OC[C@@H](O)COP(=O)(O)OC[C@@H](COC(=O)CCCCCCCCCCCC)OC(=O)CCCCCCCCCCCCC)OC(=O)CCCCCCC/C=C\C=C/CCCCCC. The summed E-state index contributed by atoms with van der Waals surface area (Å²) in [5, 5.41) is 10.6. The van der Waals surface area contributed by atoms with E-state index in [0.717, 1.165) is 122 Å². The summed E-state index contributed by atoms with van der Waals surface area (Å²) in [5.41, 5.74) is 0. The van der Waals surface area contributed by atoms with Crippen LogP contribution in [-0.2, 0) is 65.4 Å². The molecule has 0 fully saturated rings. The zero-order chi connectivity index (χ0) is 66.8. The molecule has 0 aliphatic rings. The van der Waals surface area contributed by atoms with Gasteiger partial charge in [-0.15, -0.1) is 0 Å². The van der Waals surface area contributed by atoms with Crippen LogP contribution in [-0.4, -0.2) is 96.7 Å². The van der Waals surface area contributed by atoms with Crippen LogP contribution < -0.4 is 0 Å². The zero-order valence-corrected chi connectivity index (χ0v) is 59.6. The summed E-state index contributed by atoms with van der Waals surface area (Å²) in [7, 11) is -9.92. The number of allylic oxidation sites excluding steroid dienone is 8. The molecule has 5 atom stereocenters. The Morgan fingerprint density at radius 2 is 0.527 bits per heavy atom. The van der Waals surface area contributed by atoms with Crippen LogP contribution >= 0.6 is 15.6 Å². The second-order valence-electron chi connectivity index (χ2n) is 24.6. The van der Waals surface area contributed by atoms with Gasteiger partial charge in [-0.2, -0.15) is 0 Å². The highest BCUT2D eigenvalue weighted by atomic mass is 31.2. The van der Waals surface area contributed by atoms with Crippen molar-refractivity contribution in [1.82, 2.24) is 0 Å². The number of esters is 4. The second kappa shape index (κ2) is 65.7. The largest absolute Gasteiger partial charge is 0.472 e. The molecule has 0 spiro atoms. The lowest BCUT2D eigenvalue weighted by Crippen LogP contribution is -2.30. The quantitative estimate of drug-likeness (QED) is 0.0169. The van der Waals surface area contributed by atoms with Gasteiger partial charge in [0, 0.05) is 25.7 Å². The van der Waals surface area contributed by atoms with E-state index in [1.54, 1.807) is 0 Å². The summed E-state index contributed by atoms with van der Waals surface area (Å²) in [4.78, 5) is 72.5. The van der Waals surface area contributed by atoms with Crippen LogP contribution in [0.3, 0.4) is 0 Å². The summed E-state index contributed by atoms with van der Waals surface area (Å²) >= 11 is 0. The molecule has 17 nitrogen and oxygen atoms in total. The predicted octanol–water partition coefficient (Wildman–Crippen LogP) is 20.2. The van der Waals surface area contributed by atoms with Crippen molar-refractivity contribution in [3.63, 3.8) is 0 Å². The van der Waals surface area contributed by atoms with Gasteiger partial charge in [-0.25, -0.2) is 9.13 Å². The summed E-state index contributed by atoms with van der Waals surface area (Å²) < 4.78 is 68.2. The van der Waals surface area contributed by atoms with Crippen LogP contribution in [0.4, 0.5) is 0 Å². The fraction of sp³-hybridized carbons (Fsp3) is 0.833. The molecule has 0 amide bonds. The highest BCUT2D eigenvalue weighted by Gasteiger charge is 2.30. The van der Waals surface area contributed by atoms with Crippen LogP contribution in [0.15, 0.2) is 48.6 Å². The van der Waals surface area contributed by atoms with Crippen molar-refractivity contribution in [1.29, 1.82) is 0 Å². The van der Waals surface area contributed by atoms with E-state index in [4.69, 9.17) is 37.0 Å². The van der Waals surface area contributed by atoms with Crippen molar-refractivity contribution >= 4 is 39.5 Å². The zero-order valence-electron chi connectivity index (χ0n) is 57.8. The molecule has 0 aliphatic carbocycles. The maximum Gasteiger partial charge on any atom is 0.472 e. The third kappa shape index (κ3) is 65.5. The Bertz CT molecular complexity index is 1930. The fourth-order valence-corrected chi connectivity index (χ4v) is 11.5. The van der Waals surface area contributed by atoms with E-state index in [-0.39, 0.29) is 25.7 Å². The molecule has 0 aromatic carbocycles. The first-order valence-electron chi connectivity index (χ1n) is 36.4. The lowest BCUT2D eigenvalue weighted by molar-refractivity contribution is -0.161. The summed E-state index contributed by atoms with van der Waals surface area (Å²) in [6, 6.07) is 0. The van der Waals surface area contributed by atoms with Gasteiger partial charge >= 0.3 is 39.5 Å². The van der Waals surface area contributed by atoms with E-state index in [9.17, 15) is 43.2 Å². The summed E-state index contributed by atoms with van der Waals surface area (Å²) in [6.45, 7) is 4.81. The molecule has 532 valence electrons. The number of unbranched alkanes of at least 4 members (excludes halogenated alkanes) is 37. The van der Waals surface area contributed by atoms with Crippen molar-refractivity contribution in [2.45, 2.75) is 348 Å². The Kier molecular flexibility index (Phi) is 63.5. The first-order valence-corrected chi connectivity index (χ1v) is 39.4. The fourth-order valence-electron chi connectivity index (χ4n) is 9.97. The third-order valence-electron chi connectivity index (χ3n) is 15.6. The number of carbonyl (C=O) groups is 4. The minimum Gasteiger partial charge on any atom is -0.462 e. The van der Waals surface area contributed by atoms with Gasteiger partial charge in [0.1, 0.15) is 19.3 Å². The van der Waals surface area contributed by atoms with Gasteiger partial charge in [-0.3, -0.25) is 37.3 Å². The highest BCUT2D eigenvalue weighted by Crippen LogP contribution is 2.45. The molecule has 19 heteroatoms. The van der Waals surface area contributed by atoms with Gasteiger partial charge in [0.25, 0.3) is 0 Å². The van der Waals surface area contributed by atoms with Crippen molar-refractivity contribution in [3.8, 4) is 0 Å². The third-order valence-corrected chi connectivity index (χ3v) is 17.5. The number of aliphatic hydroxyl groups excluding tert-OH is 1. The van der Waals surface area contributed by atoms with Crippen LogP contribution in [0, 0.1) is 0 Å². The minimum absolute atomic E-state index is 0.0785. The molecule has 0 saturated heterocycles. The average Bonchev–Trinajstić information content (AvgIpc) is 3.74. The number of aliphatic hydroxyl groups is 1. The molecule has 0 aliphatic heterocycles. The molecule has 0 aromatic rings. The molecule has 0 saturated carbocycles. The Labute approximate surface area is 553 Å². The van der Waals surface area contributed by atoms with Crippen molar-refractivity contribution < 1.29 is 80.2 Å². The maximum atomic E-state index is 13.0. The van der Waals surface area contributed by atoms with Crippen molar-refractivity contribution in [2.24, 2.45) is 0 Å². The highest BCUT2D eigenvalue weighted by molar-refractivity contribution is 7.47. The molecular formula is C72H132O17P2. The van der Waals surface area contributed by atoms with E-state index >= 15 is 0 Å². The van der Waals surface area contributed by atoms with Gasteiger partial charge in [-0.1, -0.05) is 275 Å². The molecule has 0 radical (unpaired) electrons. The van der Waals surface area contributed by atoms with Crippen molar-refractivity contribution in [3.05, 3.63) is 48.6 Å². The molecular weight excluding hydrogens is 1200 g/mol. The van der Waals surface area contributed by atoms with Gasteiger partial charge in [0.2, 0.25) is 0 Å². The molecule has 3 N–H and O–H groups in total. The first-order chi connectivity index (χ1) is 44.2. The number of phosphoric acid groups is 2. The molecule has 0 bridgehead atoms.